The number of ether oxygens (including phenoxy) is 4. The van der Waals surface area contributed by atoms with Crippen molar-refractivity contribution in [1.82, 2.24) is 15.6 Å². The van der Waals surface area contributed by atoms with Crippen molar-refractivity contribution in [2.24, 2.45) is 5.92 Å². The van der Waals surface area contributed by atoms with Gasteiger partial charge in [0, 0.05) is 24.9 Å². The third-order valence-electron chi connectivity index (χ3n) is 10.6. The van der Waals surface area contributed by atoms with Gasteiger partial charge < -0.3 is 29.6 Å². The number of rotatable bonds is 10. The van der Waals surface area contributed by atoms with E-state index < -0.39 is 18.1 Å². The standard InChI is InChI=1S/C42H47N3O6/c1-26-27(2)43-17-16-35(26)30-14-12-28(13-15-30)18-37(42(47)48-3)45-41(46)36-20-32-21-38-39(22-33(32)23-44-36)51-40(25-50-38)31-10-7-11-34(19-31)49-24-29-8-5-4-6-9-29/h7,10-17,19,21-22,29,36-37,40,44H,4-6,8-9,18,20,23-25H2,1-3H3,(H,45,46)/t36-,37-,40+/m0/s1. The van der Waals surface area contributed by atoms with Gasteiger partial charge in [-0.1, -0.05) is 55.7 Å². The number of fused-ring (bicyclic) bond motifs is 2. The summed E-state index contributed by atoms with van der Waals surface area (Å²) in [6.07, 6.45) is 8.76. The minimum atomic E-state index is -0.824. The van der Waals surface area contributed by atoms with Crippen LogP contribution >= 0.6 is 0 Å². The van der Waals surface area contributed by atoms with Gasteiger partial charge in [-0.3, -0.25) is 9.78 Å². The van der Waals surface area contributed by atoms with Gasteiger partial charge in [0.2, 0.25) is 5.91 Å². The number of carbonyl (C=O) groups excluding carboxylic acids is 2. The van der Waals surface area contributed by atoms with Gasteiger partial charge in [0.25, 0.3) is 0 Å². The second-order valence-electron chi connectivity index (χ2n) is 14.1. The van der Waals surface area contributed by atoms with Gasteiger partial charge in [-0.2, -0.15) is 0 Å². The highest BCUT2D eigenvalue weighted by molar-refractivity contribution is 5.88. The first-order chi connectivity index (χ1) is 24.8. The Morgan fingerprint density at radius 3 is 2.59 bits per heavy atom. The Hall–Kier alpha value is -4.89. The summed E-state index contributed by atoms with van der Waals surface area (Å²) in [6, 6.07) is 20.8. The SMILES string of the molecule is COC(=O)[C@H](Cc1ccc(-c2ccnc(C)c2C)cc1)NC(=O)[C@@H]1Cc2cc3c(cc2CN1)O[C@@H](c1cccc(OCC2CCCCC2)c1)CO3. The molecule has 1 amide bonds. The van der Waals surface area contributed by atoms with Gasteiger partial charge in [-0.05, 0) is 108 Å². The quantitative estimate of drug-likeness (QED) is 0.176. The molecule has 0 bridgehead atoms. The van der Waals surface area contributed by atoms with Crippen LogP contribution in [0.4, 0.5) is 0 Å². The fourth-order valence-corrected chi connectivity index (χ4v) is 7.42. The summed E-state index contributed by atoms with van der Waals surface area (Å²) < 4.78 is 23.9. The van der Waals surface area contributed by atoms with Crippen molar-refractivity contribution in [3.63, 3.8) is 0 Å². The largest absolute Gasteiger partial charge is 0.493 e. The molecule has 0 radical (unpaired) electrons. The molecule has 1 saturated carbocycles. The molecule has 0 saturated heterocycles. The summed E-state index contributed by atoms with van der Waals surface area (Å²) in [7, 11) is 1.34. The van der Waals surface area contributed by atoms with Gasteiger partial charge in [0.05, 0.1) is 19.8 Å². The molecule has 7 rings (SSSR count). The van der Waals surface area contributed by atoms with Crippen LogP contribution in [0.3, 0.4) is 0 Å². The number of amides is 1. The second-order valence-corrected chi connectivity index (χ2v) is 14.1. The Bertz CT molecular complexity index is 1870. The van der Waals surface area contributed by atoms with E-state index in [2.05, 4.69) is 34.7 Å². The molecule has 9 heteroatoms. The number of hydrogen-bond donors (Lipinski definition) is 2. The van der Waals surface area contributed by atoms with Crippen molar-refractivity contribution < 1.29 is 28.5 Å². The van der Waals surface area contributed by atoms with E-state index in [0.29, 0.717) is 43.4 Å². The maximum atomic E-state index is 13.5. The lowest BCUT2D eigenvalue weighted by molar-refractivity contribution is -0.145. The second kappa shape index (κ2) is 15.6. The number of nitrogens with zero attached hydrogens (tertiary/aromatic N) is 1. The first-order valence-electron chi connectivity index (χ1n) is 18.2. The zero-order chi connectivity index (χ0) is 35.3. The Labute approximate surface area is 300 Å². The summed E-state index contributed by atoms with van der Waals surface area (Å²) in [5.74, 6) is 2.12. The summed E-state index contributed by atoms with van der Waals surface area (Å²) in [6.45, 7) is 5.68. The number of nitrogens with one attached hydrogen (secondary N) is 2. The van der Waals surface area contributed by atoms with Gasteiger partial charge in [-0.25, -0.2) is 4.79 Å². The molecule has 9 nitrogen and oxygen atoms in total. The van der Waals surface area contributed by atoms with Crippen LogP contribution in [-0.4, -0.2) is 49.3 Å². The van der Waals surface area contributed by atoms with E-state index in [9.17, 15) is 9.59 Å². The highest BCUT2D eigenvalue weighted by Gasteiger charge is 2.31. The average molecular weight is 690 g/mol. The number of carbonyl (C=O) groups is 2. The molecule has 1 fully saturated rings. The zero-order valence-electron chi connectivity index (χ0n) is 29.7. The lowest BCUT2D eigenvalue weighted by atomic mass is 9.90. The highest BCUT2D eigenvalue weighted by atomic mass is 16.6. The van der Waals surface area contributed by atoms with Crippen LogP contribution in [0.2, 0.25) is 0 Å². The van der Waals surface area contributed by atoms with E-state index in [0.717, 1.165) is 57.0 Å². The van der Waals surface area contributed by atoms with E-state index in [4.69, 9.17) is 18.9 Å². The lowest BCUT2D eigenvalue weighted by Gasteiger charge is -2.31. The maximum absolute atomic E-state index is 13.5. The van der Waals surface area contributed by atoms with Crippen LogP contribution in [0.5, 0.6) is 17.2 Å². The molecule has 1 aliphatic carbocycles. The van der Waals surface area contributed by atoms with Crippen LogP contribution in [-0.2, 0) is 33.7 Å². The van der Waals surface area contributed by atoms with Crippen LogP contribution in [0, 0.1) is 19.8 Å². The van der Waals surface area contributed by atoms with Gasteiger partial charge in [0.1, 0.15) is 18.4 Å². The van der Waals surface area contributed by atoms with Crippen molar-refractivity contribution in [1.29, 1.82) is 0 Å². The molecule has 2 aliphatic heterocycles. The summed E-state index contributed by atoms with van der Waals surface area (Å²) in [5.41, 5.74) is 8.31. The van der Waals surface area contributed by atoms with E-state index >= 15 is 0 Å². The van der Waals surface area contributed by atoms with E-state index in [1.165, 1.54) is 39.2 Å². The third kappa shape index (κ3) is 8.04. The number of hydrogen-bond acceptors (Lipinski definition) is 8. The van der Waals surface area contributed by atoms with E-state index in [1.807, 2.05) is 67.7 Å². The zero-order valence-corrected chi connectivity index (χ0v) is 29.7. The number of esters is 1. The number of pyridine rings is 1. The smallest absolute Gasteiger partial charge is 0.328 e. The van der Waals surface area contributed by atoms with Crippen molar-refractivity contribution >= 4 is 11.9 Å². The fourth-order valence-electron chi connectivity index (χ4n) is 7.42. The number of aryl methyl sites for hydroxylation is 1. The minimum absolute atomic E-state index is 0.251. The van der Waals surface area contributed by atoms with Crippen molar-refractivity contribution in [3.05, 3.63) is 106 Å². The molecule has 3 aromatic carbocycles. The Balaban J connectivity index is 0.969. The van der Waals surface area contributed by atoms with Crippen LogP contribution in [0.15, 0.2) is 72.9 Å². The number of methoxy groups -OCH3 is 1. The molecular formula is C42H47N3O6. The van der Waals surface area contributed by atoms with Gasteiger partial charge in [-0.15, -0.1) is 0 Å². The topological polar surface area (TPSA) is 108 Å². The fraction of sp³-hybridized carbons (Fsp3) is 0.405. The molecule has 1 aromatic heterocycles. The predicted molar refractivity (Wildman–Crippen MR) is 195 cm³/mol. The van der Waals surface area contributed by atoms with E-state index in [-0.39, 0.29) is 12.0 Å². The minimum Gasteiger partial charge on any atom is -0.493 e. The predicted octanol–water partition coefficient (Wildman–Crippen LogP) is 6.75. The first-order valence-corrected chi connectivity index (χ1v) is 18.2. The molecule has 0 spiro atoms. The molecule has 0 unspecified atom stereocenters. The Morgan fingerprint density at radius 1 is 0.980 bits per heavy atom. The summed E-state index contributed by atoms with van der Waals surface area (Å²) >= 11 is 0. The molecule has 4 aromatic rings. The van der Waals surface area contributed by atoms with Crippen molar-refractivity contribution in [2.45, 2.75) is 83.5 Å². The molecule has 3 heterocycles. The molecule has 266 valence electrons. The average Bonchev–Trinajstić information content (AvgIpc) is 3.17. The monoisotopic (exact) mass is 689 g/mol. The Morgan fingerprint density at radius 2 is 1.78 bits per heavy atom. The van der Waals surface area contributed by atoms with Gasteiger partial charge >= 0.3 is 5.97 Å². The summed E-state index contributed by atoms with van der Waals surface area (Å²) in [4.78, 5) is 30.7. The molecule has 3 atom stereocenters. The molecule has 3 aliphatic rings. The first kappa shape index (κ1) is 34.6. The van der Waals surface area contributed by atoms with Crippen molar-refractivity contribution in [3.8, 4) is 28.4 Å². The van der Waals surface area contributed by atoms with E-state index in [1.54, 1.807) is 0 Å². The normalized spacial score (nSPS) is 19.0. The highest BCUT2D eigenvalue weighted by Crippen LogP contribution is 2.40. The van der Waals surface area contributed by atoms with Gasteiger partial charge in [0.15, 0.2) is 17.6 Å². The summed E-state index contributed by atoms with van der Waals surface area (Å²) in [5, 5.41) is 6.30. The third-order valence-corrected chi connectivity index (χ3v) is 10.6. The number of benzene rings is 3. The Kier molecular flexibility index (Phi) is 10.5. The molecule has 51 heavy (non-hydrogen) atoms. The van der Waals surface area contributed by atoms with Crippen LogP contribution < -0.4 is 24.8 Å². The molecular weight excluding hydrogens is 642 g/mol. The van der Waals surface area contributed by atoms with Crippen LogP contribution in [0.25, 0.3) is 11.1 Å². The molecule has 2 N–H and O–H groups in total. The lowest BCUT2D eigenvalue weighted by Crippen LogP contribution is -2.53. The maximum Gasteiger partial charge on any atom is 0.328 e. The number of aromatic nitrogens is 1. The van der Waals surface area contributed by atoms with Crippen molar-refractivity contribution in [2.75, 3.05) is 20.3 Å². The van der Waals surface area contributed by atoms with Crippen LogP contribution in [0.1, 0.15) is 71.7 Å².